The zero-order valence-corrected chi connectivity index (χ0v) is 21.0. The van der Waals surface area contributed by atoms with Crippen molar-refractivity contribution in [1.29, 1.82) is 0 Å². The highest BCUT2D eigenvalue weighted by molar-refractivity contribution is 6.09. The molecule has 0 spiro atoms. The van der Waals surface area contributed by atoms with E-state index in [0.29, 0.717) is 30.0 Å². The minimum absolute atomic E-state index is 0.0582. The first-order valence-electron chi connectivity index (χ1n) is 12.9. The molecule has 0 radical (unpaired) electrons. The number of benzene rings is 4. The topological polar surface area (TPSA) is 61.9 Å². The van der Waals surface area contributed by atoms with E-state index >= 15 is 0 Å². The summed E-state index contributed by atoms with van der Waals surface area (Å²) in [4.78, 5) is 31.2. The number of carbonyl (C=O) groups is 2. The molecule has 1 N–H and O–H groups in total. The molecule has 1 fully saturated rings. The highest BCUT2D eigenvalue weighted by Gasteiger charge is 2.33. The second-order valence-corrected chi connectivity index (χ2v) is 9.69. The molecule has 6 heteroatoms. The Morgan fingerprint density at radius 3 is 2.39 bits per heavy atom. The summed E-state index contributed by atoms with van der Waals surface area (Å²) < 4.78 is 5.73. The Labute approximate surface area is 222 Å². The van der Waals surface area contributed by atoms with Gasteiger partial charge in [-0.2, -0.15) is 0 Å². The minimum Gasteiger partial charge on any atom is -0.378 e. The van der Waals surface area contributed by atoms with Crippen molar-refractivity contribution in [3.63, 3.8) is 0 Å². The molecule has 2 aliphatic rings. The van der Waals surface area contributed by atoms with Crippen molar-refractivity contribution in [2.24, 2.45) is 0 Å². The van der Waals surface area contributed by atoms with E-state index in [0.717, 1.165) is 42.1 Å². The van der Waals surface area contributed by atoms with Crippen LogP contribution in [0.2, 0.25) is 0 Å². The van der Waals surface area contributed by atoms with Crippen LogP contribution in [0.5, 0.6) is 0 Å². The number of rotatable bonds is 4. The lowest BCUT2D eigenvalue weighted by atomic mass is 9.99. The third kappa shape index (κ3) is 4.84. The molecule has 1 atom stereocenters. The first-order chi connectivity index (χ1) is 18.7. The van der Waals surface area contributed by atoms with Gasteiger partial charge >= 0.3 is 0 Å². The quantitative estimate of drug-likeness (QED) is 0.401. The van der Waals surface area contributed by atoms with Gasteiger partial charge in [0, 0.05) is 42.1 Å². The summed E-state index contributed by atoms with van der Waals surface area (Å²) in [5, 5.41) is 2.99. The molecule has 190 valence electrons. The third-order valence-electron chi connectivity index (χ3n) is 7.29. The van der Waals surface area contributed by atoms with Gasteiger partial charge in [-0.05, 0) is 53.1 Å². The molecular weight excluding hydrogens is 474 g/mol. The lowest BCUT2D eigenvalue weighted by Gasteiger charge is -2.35. The van der Waals surface area contributed by atoms with Crippen molar-refractivity contribution in [3.05, 3.63) is 120 Å². The number of fused-ring (bicyclic) bond motifs is 2. The Kier molecular flexibility index (Phi) is 6.73. The number of carbonyl (C=O) groups excluding carboxylic acids is 2. The molecular formula is C32H29N3O3. The molecule has 0 aliphatic carbocycles. The Hall–Kier alpha value is -4.26. The van der Waals surface area contributed by atoms with Crippen LogP contribution in [0.4, 0.5) is 11.4 Å². The standard InChI is InChI=1S/C32H29N3O3/c36-31(29-12-6-5-11-28(29)23-8-2-1-3-9-23)33-26-16-14-24(15-17-26)32(37)35-21-27-22-38-19-18-34(27)20-25-10-4-7-13-30(25)35/h1-17,27H,18-22H2,(H,33,36)/t27-/m0/s1. The van der Waals surface area contributed by atoms with Gasteiger partial charge in [-0.1, -0.05) is 66.7 Å². The van der Waals surface area contributed by atoms with Crippen LogP contribution in [0.3, 0.4) is 0 Å². The van der Waals surface area contributed by atoms with Crippen LogP contribution in [0.15, 0.2) is 103 Å². The maximum atomic E-state index is 13.7. The second kappa shape index (κ2) is 10.6. The SMILES string of the molecule is O=C(Nc1ccc(C(=O)N2C[C@H]3COCCN3Cc3ccccc32)cc1)c1ccccc1-c1ccccc1. The van der Waals surface area contributed by atoms with Crippen molar-refractivity contribution < 1.29 is 14.3 Å². The number of hydrogen-bond acceptors (Lipinski definition) is 4. The molecule has 0 aromatic heterocycles. The third-order valence-corrected chi connectivity index (χ3v) is 7.29. The van der Waals surface area contributed by atoms with Crippen LogP contribution in [-0.2, 0) is 11.3 Å². The molecule has 6 nitrogen and oxygen atoms in total. The van der Waals surface area contributed by atoms with Gasteiger partial charge in [-0.15, -0.1) is 0 Å². The van der Waals surface area contributed by atoms with E-state index < -0.39 is 0 Å². The van der Waals surface area contributed by atoms with Gasteiger partial charge in [0.1, 0.15) is 0 Å². The number of morpholine rings is 1. The predicted molar refractivity (Wildman–Crippen MR) is 149 cm³/mol. The molecule has 6 rings (SSSR count). The number of amides is 2. The van der Waals surface area contributed by atoms with Crippen LogP contribution in [0.1, 0.15) is 26.3 Å². The Morgan fingerprint density at radius 2 is 1.55 bits per heavy atom. The van der Waals surface area contributed by atoms with E-state index in [2.05, 4.69) is 16.3 Å². The lowest BCUT2D eigenvalue weighted by Crippen LogP contribution is -2.50. The van der Waals surface area contributed by atoms with Gasteiger partial charge < -0.3 is 15.0 Å². The smallest absolute Gasteiger partial charge is 0.258 e. The first-order valence-corrected chi connectivity index (χ1v) is 12.9. The summed E-state index contributed by atoms with van der Waals surface area (Å²) in [6.07, 6.45) is 0. The van der Waals surface area contributed by atoms with E-state index in [1.54, 1.807) is 24.3 Å². The average Bonchev–Trinajstić information content (AvgIpc) is 3.14. The summed E-state index contributed by atoms with van der Waals surface area (Å²) in [5.41, 5.74) is 5.76. The Morgan fingerprint density at radius 1 is 0.816 bits per heavy atom. The van der Waals surface area contributed by atoms with Gasteiger partial charge in [-0.25, -0.2) is 0 Å². The molecule has 0 saturated carbocycles. The molecule has 2 aliphatic heterocycles. The molecule has 2 amide bonds. The van der Waals surface area contributed by atoms with E-state index in [4.69, 9.17) is 4.74 Å². The second-order valence-electron chi connectivity index (χ2n) is 9.69. The predicted octanol–water partition coefficient (Wildman–Crippen LogP) is 5.47. The van der Waals surface area contributed by atoms with Crippen molar-refractivity contribution in [1.82, 2.24) is 4.90 Å². The maximum Gasteiger partial charge on any atom is 0.258 e. The van der Waals surface area contributed by atoms with Crippen LogP contribution in [0, 0.1) is 0 Å². The zero-order valence-electron chi connectivity index (χ0n) is 21.0. The monoisotopic (exact) mass is 503 g/mol. The van der Waals surface area contributed by atoms with Gasteiger partial charge in [0.25, 0.3) is 11.8 Å². The zero-order chi connectivity index (χ0) is 25.9. The number of para-hydroxylation sites is 1. The molecule has 4 aromatic rings. The number of anilines is 2. The summed E-state index contributed by atoms with van der Waals surface area (Å²) in [5.74, 6) is -0.250. The summed E-state index contributed by atoms with van der Waals surface area (Å²) in [6, 6.07) is 32.8. The molecule has 2 heterocycles. The van der Waals surface area contributed by atoms with E-state index in [1.165, 1.54) is 0 Å². The Balaban J connectivity index is 1.22. The minimum atomic E-state index is -0.192. The van der Waals surface area contributed by atoms with E-state index in [-0.39, 0.29) is 17.9 Å². The van der Waals surface area contributed by atoms with Crippen molar-refractivity contribution >= 4 is 23.2 Å². The van der Waals surface area contributed by atoms with Gasteiger partial charge in [-0.3, -0.25) is 14.5 Å². The normalized spacial score (nSPS) is 17.2. The maximum absolute atomic E-state index is 13.7. The Bertz CT molecular complexity index is 1450. The van der Waals surface area contributed by atoms with Gasteiger partial charge in [0.15, 0.2) is 0 Å². The largest absolute Gasteiger partial charge is 0.378 e. The lowest BCUT2D eigenvalue weighted by molar-refractivity contribution is -0.00653. The van der Waals surface area contributed by atoms with Crippen molar-refractivity contribution in [2.75, 3.05) is 36.5 Å². The van der Waals surface area contributed by atoms with Crippen LogP contribution in [0.25, 0.3) is 11.1 Å². The highest BCUT2D eigenvalue weighted by Crippen LogP contribution is 2.30. The van der Waals surface area contributed by atoms with Crippen LogP contribution < -0.4 is 10.2 Å². The van der Waals surface area contributed by atoms with Crippen molar-refractivity contribution in [3.8, 4) is 11.1 Å². The molecule has 38 heavy (non-hydrogen) atoms. The average molecular weight is 504 g/mol. The van der Waals surface area contributed by atoms with E-state index in [1.807, 2.05) is 77.7 Å². The highest BCUT2D eigenvalue weighted by atomic mass is 16.5. The van der Waals surface area contributed by atoms with Gasteiger partial charge in [0.2, 0.25) is 0 Å². The molecule has 0 bridgehead atoms. The molecule has 1 saturated heterocycles. The molecule has 0 unspecified atom stereocenters. The van der Waals surface area contributed by atoms with Crippen LogP contribution in [-0.4, -0.2) is 49.1 Å². The number of ether oxygens (including phenoxy) is 1. The van der Waals surface area contributed by atoms with Crippen molar-refractivity contribution in [2.45, 2.75) is 12.6 Å². The number of nitrogens with one attached hydrogen (secondary N) is 1. The number of hydrogen-bond donors (Lipinski definition) is 1. The summed E-state index contributed by atoms with van der Waals surface area (Å²) in [7, 11) is 0. The number of nitrogens with zero attached hydrogens (tertiary/aromatic N) is 2. The van der Waals surface area contributed by atoms with Gasteiger partial charge in [0.05, 0.1) is 19.3 Å². The fraction of sp³-hybridized carbons (Fsp3) is 0.188. The van der Waals surface area contributed by atoms with E-state index in [9.17, 15) is 9.59 Å². The molecule has 4 aromatic carbocycles. The summed E-state index contributed by atoms with van der Waals surface area (Å²) >= 11 is 0. The fourth-order valence-corrected chi connectivity index (χ4v) is 5.29. The van der Waals surface area contributed by atoms with Crippen LogP contribution >= 0.6 is 0 Å². The first kappa shape index (κ1) is 24.1. The fourth-order valence-electron chi connectivity index (χ4n) is 5.29. The summed E-state index contributed by atoms with van der Waals surface area (Å²) in [6.45, 7) is 3.58.